The molecule has 0 radical (unpaired) electrons. The average molecular weight is 330 g/mol. The normalized spacial score (nSPS) is 21.4. The predicted octanol–water partition coefficient (Wildman–Crippen LogP) is 4.00. The van der Waals surface area contributed by atoms with E-state index < -0.39 is 5.60 Å². The monoisotopic (exact) mass is 330 g/mol. The highest BCUT2D eigenvalue weighted by Gasteiger charge is 2.30. The fourth-order valence-electron chi connectivity index (χ4n) is 3.04. The number of hydrogen-bond acceptors (Lipinski definition) is 3. The molecule has 0 spiro atoms. The maximum atomic E-state index is 12.1. The van der Waals surface area contributed by atoms with E-state index in [0.717, 1.165) is 12.8 Å². The van der Waals surface area contributed by atoms with Gasteiger partial charge in [0.1, 0.15) is 5.60 Å². The lowest BCUT2D eigenvalue weighted by molar-refractivity contribution is 0.0474. The summed E-state index contributed by atoms with van der Waals surface area (Å²) in [5.74, 6) is 0. The second-order valence-corrected chi connectivity index (χ2v) is 7.82. The van der Waals surface area contributed by atoms with Crippen LogP contribution >= 0.6 is 0 Å². The second-order valence-electron chi connectivity index (χ2n) is 7.82. The molecule has 1 N–H and O–H groups in total. The van der Waals surface area contributed by atoms with Crippen LogP contribution in [0.1, 0.15) is 44.7 Å². The molecule has 0 heterocycles. The van der Waals surface area contributed by atoms with Gasteiger partial charge in [0.2, 0.25) is 0 Å². The Morgan fingerprint density at radius 1 is 1.21 bits per heavy atom. The van der Waals surface area contributed by atoms with Crippen molar-refractivity contribution < 1.29 is 9.53 Å². The minimum absolute atomic E-state index is 0.0593. The molecule has 0 bridgehead atoms. The molecule has 0 saturated heterocycles. The zero-order valence-corrected chi connectivity index (χ0v) is 15.7. The summed E-state index contributed by atoms with van der Waals surface area (Å²) in [6.45, 7) is 7.74. The van der Waals surface area contributed by atoms with E-state index in [9.17, 15) is 4.79 Å². The van der Waals surface area contributed by atoms with Crippen LogP contribution in [0, 0.1) is 6.92 Å². The Bertz CT molecular complexity index is 597. The molecule has 132 valence electrons. The smallest absolute Gasteiger partial charge is 0.407 e. The number of ether oxygens (including phenoxy) is 1. The maximum absolute atomic E-state index is 12.1. The maximum Gasteiger partial charge on any atom is 0.407 e. The lowest BCUT2D eigenvalue weighted by Crippen LogP contribution is -2.51. The lowest BCUT2D eigenvalue weighted by Gasteiger charge is -2.36. The zero-order valence-electron chi connectivity index (χ0n) is 15.7. The summed E-state index contributed by atoms with van der Waals surface area (Å²) in [6, 6.07) is 8.95. The Morgan fingerprint density at radius 3 is 2.38 bits per heavy atom. The van der Waals surface area contributed by atoms with Crippen LogP contribution in [-0.2, 0) is 4.74 Å². The highest BCUT2D eigenvalue weighted by atomic mass is 16.6. The van der Waals surface area contributed by atoms with E-state index in [1.54, 1.807) is 0 Å². The highest BCUT2D eigenvalue weighted by Crippen LogP contribution is 2.29. The summed E-state index contributed by atoms with van der Waals surface area (Å²) in [5, 5.41) is 3.04. The molecule has 1 aromatic carbocycles. The van der Waals surface area contributed by atoms with Gasteiger partial charge in [0.15, 0.2) is 0 Å². The first kappa shape index (κ1) is 18.5. The molecule has 24 heavy (non-hydrogen) atoms. The van der Waals surface area contributed by atoms with Gasteiger partial charge in [-0.25, -0.2) is 4.79 Å². The van der Waals surface area contributed by atoms with Crippen LogP contribution in [0.15, 0.2) is 30.3 Å². The molecule has 1 amide bonds. The number of alkyl carbamates (subject to hydrolysis) is 1. The van der Waals surface area contributed by atoms with Crippen molar-refractivity contribution in [3.05, 3.63) is 41.5 Å². The largest absolute Gasteiger partial charge is 0.444 e. The van der Waals surface area contributed by atoms with Crippen molar-refractivity contribution >= 4 is 11.7 Å². The van der Waals surface area contributed by atoms with E-state index in [2.05, 4.69) is 61.6 Å². The highest BCUT2D eigenvalue weighted by molar-refractivity contribution is 5.70. The minimum atomic E-state index is -0.477. The van der Waals surface area contributed by atoms with Crippen LogP contribution in [0.2, 0.25) is 0 Å². The summed E-state index contributed by atoms with van der Waals surface area (Å²) in [5.41, 5.74) is 3.40. The number of carbonyl (C=O) groups is 1. The molecule has 0 saturated carbocycles. The van der Waals surface area contributed by atoms with E-state index in [-0.39, 0.29) is 18.2 Å². The number of amides is 1. The number of likely N-dealkylation sites (N-methyl/N-ethyl adjacent to an activating group) is 1. The van der Waals surface area contributed by atoms with E-state index in [4.69, 9.17) is 4.74 Å². The number of aryl methyl sites for hydroxylation is 1. The van der Waals surface area contributed by atoms with Gasteiger partial charge in [-0.15, -0.1) is 0 Å². The van der Waals surface area contributed by atoms with Crippen LogP contribution in [0.3, 0.4) is 0 Å². The molecule has 0 fully saturated rings. The molecule has 1 aliphatic carbocycles. The number of benzene rings is 1. The number of nitrogens with zero attached hydrogens (tertiary/aromatic N) is 1. The van der Waals surface area contributed by atoms with Gasteiger partial charge in [-0.05, 0) is 65.8 Å². The lowest BCUT2D eigenvalue weighted by atomic mass is 9.86. The van der Waals surface area contributed by atoms with Gasteiger partial charge in [0.05, 0.1) is 6.04 Å². The van der Waals surface area contributed by atoms with Crippen LogP contribution in [-0.4, -0.2) is 42.8 Å². The minimum Gasteiger partial charge on any atom is -0.444 e. The van der Waals surface area contributed by atoms with Crippen molar-refractivity contribution in [2.24, 2.45) is 0 Å². The first-order valence-electron chi connectivity index (χ1n) is 8.58. The van der Waals surface area contributed by atoms with Crippen molar-refractivity contribution in [3.8, 4) is 0 Å². The molecule has 0 aliphatic heterocycles. The number of carbonyl (C=O) groups excluding carboxylic acids is 1. The predicted molar refractivity (Wildman–Crippen MR) is 99.0 cm³/mol. The molecular formula is C20H30N2O2. The average Bonchev–Trinajstić information content (AvgIpc) is 2.46. The third kappa shape index (κ3) is 5.10. The van der Waals surface area contributed by atoms with E-state index in [1.807, 2.05) is 20.8 Å². The Morgan fingerprint density at radius 2 is 1.83 bits per heavy atom. The molecule has 0 aromatic heterocycles. The van der Waals surface area contributed by atoms with Gasteiger partial charge in [0.25, 0.3) is 0 Å². The zero-order chi connectivity index (χ0) is 17.9. The Kier molecular flexibility index (Phi) is 5.70. The van der Waals surface area contributed by atoms with Crippen LogP contribution in [0.5, 0.6) is 0 Å². The molecule has 4 nitrogen and oxygen atoms in total. The number of rotatable bonds is 3. The first-order valence-corrected chi connectivity index (χ1v) is 8.58. The molecule has 0 unspecified atom stereocenters. The molecular weight excluding hydrogens is 300 g/mol. The standard InChI is InChI=1S/C20H30N2O2/c1-14-7-9-15(10-8-14)16-11-12-17(18(13-16)22(5)6)21-19(23)24-20(2,3)4/h7-11,17-18H,12-13H2,1-6H3,(H,21,23)/t17-,18-/m0/s1. The van der Waals surface area contributed by atoms with Crippen molar-refractivity contribution in [1.82, 2.24) is 10.2 Å². The first-order chi connectivity index (χ1) is 11.2. The molecule has 2 rings (SSSR count). The molecule has 1 aromatic rings. The summed E-state index contributed by atoms with van der Waals surface area (Å²) < 4.78 is 5.40. The summed E-state index contributed by atoms with van der Waals surface area (Å²) in [4.78, 5) is 14.3. The van der Waals surface area contributed by atoms with Gasteiger partial charge in [-0.2, -0.15) is 0 Å². The SMILES string of the molecule is Cc1ccc(C2=CC[C@H](NC(=O)OC(C)(C)C)[C@@H](N(C)C)C2)cc1. The van der Waals surface area contributed by atoms with Crippen LogP contribution in [0.25, 0.3) is 5.57 Å². The molecule has 2 atom stereocenters. The van der Waals surface area contributed by atoms with E-state index in [0.29, 0.717) is 0 Å². The van der Waals surface area contributed by atoms with E-state index >= 15 is 0 Å². The number of hydrogen-bond donors (Lipinski definition) is 1. The second kappa shape index (κ2) is 7.39. The summed E-state index contributed by atoms with van der Waals surface area (Å²) >= 11 is 0. The van der Waals surface area contributed by atoms with Crippen molar-refractivity contribution in [2.75, 3.05) is 14.1 Å². The van der Waals surface area contributed by atoms with E-state index in [1.165, 1.54) is 16.7 Å². The summed E-state index contributed by atoms with van der Waals surface area (Å²) in [7, 11) is 4.12. The van der Waals surface area contributed by atoms with Gasteiger partial charge < -0.3 is 15.0 Å². The van der Waals surface area contributed by atoms with Crippen molar-refractivity contribution in [1.29, 1.82) is 0 Å². The Hall–Kier alpha value is -1.81. The number of nitrogens with one attached hydrogen (secondary N) is 1. The van der Waals surface area contributed by atoms with Crippen molar-refractivity contribution in [3.63, 3.8) is 0 Å². The van der Waals surface area contributed by atoms with Crippen LogP contribution < -0.4 is 5.32 Å². The molecule has 1 aliphatic rings. The topological polar surface area (TPSA) is 41.6 Å². The summed E-state index contributed by atoms with van der Waals surface area (Å²) in [6.07, 6.45) is 3.63. The molecule has 4 heteroatoms. The fourth-order valence-corrected chi connectivity index (χ4v) is 3.04. The van der Waals surface area contributed by atoms with Gasteiger partial charge in [-0.3, -0.25) is 0 Å². The van der Waals surface area contributed by atoms with Crippen molar-refractivity contribution in [2.45, 2.75) is 58.2 Å². The third-order valence-corrected chi connectivity index (χ3v) is 4.30. The Balaban J connectivity index is 2.11. The van der Waals surface area contributed by atoms with Gasteiger partial charge in [0, 0.05) is 6.04 Å². The van der Waals surface area contributed by atoms with Gasteiger partial charge >= 0.3 is 6.09 Å². The fraction of sp³-hybridized carbons (Fsp3) is 0.550. The Labute approximate surface area is 145 Å². The van der Waals surface area contributed by atoms with Crippen LogP contribution in [0.4, 0.5) is 4.79 Å². The quantitative estimate of drug-likeness (QED) is 0.911. The third-order valence-electron chi connectivity index (χ3n) is 4.30. The van der Waals surface area contributed by atoms with Gasteiger partial charge in [-0.1, -0.05) is 35.9 Å².